The molecule has 0 radical (unpaired) electrons. The van der Waals surface area contributed by atoms with Gasteiger partial charge < -0.3 is 0 Å². The molecular weight excluding hydrogens is 270 g/mol. The van der Waals surface area contributed by atoms with Gasteiger partial charge in [-0.25, -0.2) is 13.4 Å². The summed E-state index contributed by atoms with van der Waals surface area (Å²) in [6.07, 6.45) is 1.27. The summed E-state index contributed by atoms with van der Waals surface area (Å²) in [6, 6.07) is 6.19. The van der Waals surface area contributed by atoms with Gasteiger partial charge in [-0.3, -0.25) is 4.72 Å². The molecule has 0 fully saturated rings. The summed E-state index contributed by atoms with van der Waals surface area (Å²) in [5, 5.41) is 0.374. The topological polar surface area (TPSA) is 72.0 Å². The Morgan fingerprint density at radius 2 is 2.06 bits per heavy atom. The lowest BCUT2D eigenvalue weighted by molar-refractivity contribution is 0.601. The second-order valence-electron chi connectivity index (χ2n) is 2.78. The van der Waals surface area contributed by atoms with E-state index in [1.165, 1.54) is 18.5 Å². The molecule has 5 nitrogen and oxygen atoms in total. The van der Waals surface area contributed by atoms with Crippen LogP contribution < -0.4 is 4.72 Å². The molecule has 84 valence electrons. The van der Waals surface area contributed by atoms with E-state index < -0.39 is 10.0 Å². The molecule has 8 heteroatoms. The number of nitrogens with one attached hydrogen (secondary N) is 1. The molecule has 0 bridgehead atoms. The molecule has 0 aliphatic rings. The molecule has 0 aliphatic heterocycles. The molecule has 2 rings (SSSR count). The summed E-state index contributed by atoms with van der Waals surface area (Å²) in [6.45, 7) is 0. The van der Waals surface area contributed by atoms with E-state index in [4.69, 9.17) is 11.6 Å². The van der Waals surface area contributed by atoms with Crippen molar-refractivity contribution in [1.29, 1.82) is 0 Å². The molecule has 0 amide bonds. The fourth-order valence-electron chi connectivity index (χ4n) is 1.05. The number of aromatic nitrogens is 2. The third-order valence-electron chi connectivity index (χ3n) is 1.71. The summed E-state index contributed by atoms with van der Waals surface area (Å²) in [4.78, 5) is 3.75. The van der Waals surface area contributed by atoms with Crippen LogP contribution in [0.2, 0.25) is 5.02 Å². The van der Waals surface area contributed by atoms with E-state index in [9.17, 15) is 8.42 Å². The lowest BCUT2D eigenvalue weighted by Crippen LogP contribution is -2.13. The van der Waals surface area contributed by atoms with Gasteiger partial charge in [0.1, 0.15) is 11.2 Å². The first-order chi connectivity index (χ1) is 7.59. The quantitative estimate of drug-likeness (QED) is 0.930. The minimum atomic E-state index is -3.69. The second-order valence-corrected chi connectivity index (χ2v) is 5.62. The Morgan fingerprint density at radius 1 is 1.31 bits per heavy atom. The third-order valence-corrected chi connectivity index (χ3v) is 4.26. The highest BCUT2D eigenvalue weighted by Crippen LogP contribution is 2.23. The van der Waals surface area contributed by atoms with Gasteiger partial charge >= 0.3 is 0 Å². The normalized spacial score (nSPS) is 11.3. The first kappa shape index (κ1) is 11.3. The zero-order chi connectivity index (χ0) is 11.6. The van der Waals surface area contributed by atoms with E-state index in [0.717, 1.165) is 11.5 Å². The van der Waals surface area contributed by atoms with E-state index >= 15 is 0 Å². The molecule has 1 aromatic heterocycles. The highest BCUT2D eigenvalue weighted by atomic mass is 35.5. The number of nitrogens with zero attached hydrogens (tertiary/aromatic N) is 2. The number of sulfonamides is 1. The highest BCUT2D eigenvalue weighted by molar-refractivity contribution is 7.93. The van der Waals surface area contributed by atoms with Crippen molar-refractivity contribution in [3.8, 4) is 0 Å². The summed E-state index contributed by atoms with van der Waals surface area (Å²) in [5.41, 5.74) is 0. The SMILES string of the molecule is O=S(=O)(Nc1ncns1)c1ccccc1Cl. The monoisotopic (exact) mass is 275 g/mol. The molecule has 1 aromatic carbocycles. The van der Waals surface area contributed by atoms with E-state index in [1.54, 1.807) is 12.1 Å². The average Bonchev–Trinajstić information content (AvgIpc) is 2.70. The standard InChI is InChI=1S/C8H6ClN3O2S2/c9-6-3-1-2-4-7(6)16(13,14)12-8-10-5-11-15-8/h1-5H,(H,10,11,12). The summed E-state index contributed by atoms with van der Waals surface area (Å²) >= 11 is 6.75. The van der Waals surface area contributed by atoms with Crippen LogP contribution in [0.25, 0.3) is 0 Å². The van der Waals surface area contributed by atoms with Gasteiger partial charge in [0.25, 0.3) is 10.0 Å². The molecule has 0 unspecified atom stereocenters. The molecule has 0 saturated heterocycles. The van der Waals surface area contributed by atoms with Crippen molar-refractivity contribution in [2.24, 2.45) is 0 Å². The molecule has 16 heavy (non-hydrogen) atoms. The maximum Gasteiger partial charge on any atom is 0.265 e. The Morgan fingerprint density at radius 3 is 2.69 bits per heavy atom. The predicted octanol–water partition coefficient (Wildman–Crippen LogP) is 1.99. The number of hydrogen-bond acceptors (Lipinski definition) is 5. The lowest BCUT2D eigenvalue weighted by Gasteiger charge is -2.05. The largest absolute Gasteiger partial charge is 0.265 e. The third kappa shape index (κ3) is 2.31. The van der Waals surface area contributed by atoms with Crippen molar-refractivity contribution in [2.45, 2.75) is 4.90 Å². The lowest BCUT2D eigenvalue weighted by atomic mass is 10.4. The fraction of sp³-hybridized carbons (Fsp3) is 0. The van der Waals surface area contributed by atoms with Gasteiger partial charge in [-0.2, -0.15) is 4.37 Å². The van der Waals surface area contributed by atoms with Gasteiger partial charge in [0.05, 0.1) is 5.02 Å². The zero-order valence-corrected chi connectivity index (χ0v) is 10.2. The van der Waals surface area contributed by atoms with E-state index in [2.05, 4.69) is 14.1 Å². The van der Waals surface area contributed by atoms with Crippen LogP contribution in [0.15, 0.2) is 35.5 Å². The summed E-state index contributed by atoms with van der Waals surface area (Å²) < 4.78 is 29.7. The molecule has 0 aliphatic carbocycles. The Hall–Kier alpha value is -1.18. The Balaban J connectivity index is 2.37. The van der Waals surface area contributed by atoms with E-state index in [1.807, 2.05) is 0 Å². The number of anilines is 1. The molecule has 1 N–H and O–H groups in total. The van der Waals surface area contributed by atoms with Crippen LogP contribution in [0, 0.1) is 0 Å². The van der Waals surface area contributed by atoms with Gasteiger partial charge in [0, 0.05) is 11.5 Å². The molecule has 0 saturated carbocycles. The second kappa shape index (κ2) is 4.36. The van der Waals surface area contributed by atoms with Crippen LogP contribution in [0.1, 0.15) is 0 Å². The number of halogens is 1. The molecule has 0 spiro atoms. The highest BCUT2D eigenvalue weighted by Gasteiger charge is 2.18. The number of benzene rings is 1. The number of rotatable bonds is 3. The van der Waals surface area contributed by atoms with Crippen LogP contribution >= 0.6 is 23.1 Å². The van der Waals surface area contributed by atoms with Crippen LogP contribution in [-0.2, 0) is 10.0 Å². The van der Waals surface area contributed by atoms with Gasteiger partial charge in [-0.1, -0.05) is 23.7 Å². The minimum absolute atomic E-state index is 0.0202. The van der Waals surface area contributed by atoms with Gasteiger partial charge in [-0.15, -0.1) is 0 Å². The van der Waals surface area contributed by atoms with Crippen molar-refractivity contribution in [1.82, 2.24) is 9.36 Å². The van der Waals surface area contributed by atoms with Crippen molar-refractivity contribution in [2.75, 3.05) is 4.72 Å². The van der Waals surface area contributed by atoms with Crippen molar-refractivity contribution >= 4 is 38.3 Å². The first-order valence-electron chi connectivity index (χ1n) is 4.13. The molecule has 2 aromatic rings. The van der Waals surface area contributed by atoms with E-state index in [0.29, 0.717) is 0 Å². The molecule has 1 heterocycles. The number of hydrogen-bond donors (Lipinski definition) is 1. The van der Waals surface area contributed by atoms with Gasteiger partial charge in [0.15, 0.2) is 0 Å². The smallest absolute Gasteiger partial charge is 0.253 e. The Bertz CT molecular complexity index is 583. The van der Waals surface area contributed by atoms with Crippen LogP contribution in [0.4, 0.5) is 5.13 Å². The van der Waals surface area contributed by atoms with Crippen LogP contribution in [0.5, 0.6) is 0 Å². The molecular formula is C8H6ClN3O2S2. The van der Waals surface area contributed by atoms with Crippen molar-refractivity contribution in [3.05, 3.63) is 35.6 Å². The summed E-state index contributed by atoms with van der Waals surface area (Å²) in [7, 11) is -3.69. The maximum absolute atomic E-state index is 11.9. The average molecular weight is 276 g/mol. The summed E-state index contributed by atoms with van der Waals surface area (Å²) in [5.74, 6) is 0. The predicted molar refractivity (Wildman–Crippen MR) is 62.2 cm³/mol. The van der Waals surface area contributed by atoms with E-state index in [-0.39, 0.29) is 15.0 Å². The first-order valence-corrected chi connectivity index (χ1v) is 6.77. The van der Waals surface area contributed by atoms with Gasteiger partial charge in [-0.05, 0) is 12.1 Å². The van der Waals surface area contributed by atoms with Gasteiger partial charge in [0.2, 0.25) is 5.13 Å². The van der Waals surface area contributed by atoms with Crippen LogP contribution in [0.3, 0.4) is 0 Å². The van der Waals surface area contributed by atoms with Crippen molar-refractivity contribution in [3.63, 3.8) is 0 Å². The molecule has 0 atom stereocenters. The Labute approximate surface area is 101 Å². The maximum atomic E-state index is 11.9. The van der Waals surface area contributed by atoms with Crippen LogP contribution in [-0.4, -0.2) is 17.8 Å². The Kier molecular flexibility index (Phi) is 3.08. The van der Waals surface area contributed by atoms with Crippen molar-refractivity contribution < 1.29 is 8.42 Å². The fourth-order valence-corrected chi connectivity index (χ4v) is 3.23. The minimum Gasteiger partial charge on any atom is -0.253 e. The zero-order valence-electron chi connectivity index (χ0n) is 7.79.